The van der Waals surface area contributed by atoms with Gasteiger partial charge in [0.15, 0.2) is 0 Å². The van der Waals surface area contributed by atoms with Gasteiger partial charge >= 0.3 is 0 Å². The standard InChI is InChI=1S/C13H26N2/c1-10-4-3-5-12(8-10)15-7-6-11(2)13(15)9-14/h10-13H,3-9,14H2,1-2H3. The number of rotatable bonds is 2. The summed E-state index contributed by atoms with van der Waals surface area (Å²) < 4.78 is 0. The Hall–Kier alpha value is -0.0800. The molecular formula is C13H26N2. The van der Waals surface area contributed by atoms with Crippen molar-refractivity contribution in [2.45, 2.75) is 58.0 Å². The van der Waals surface area contributed by atoms with Gasteiger partial charge in [0.2, 0.25) is 0 Å². The van der Waals surface area contributed by atoms with Crippen LogP contribution in [0.25, 0.3) is 0 Å². The molecule has 1 aliphatic heterocycles. The van der Waals surface area contributed by atoms with Gasteiger partial charge in [0.25, 0.3) is 0 Å². The summed E-state index contributed by atoms with van der Waals surface area (Å²) in [5, 5.41) is 0. The van der Waals surface area contributed by atoms with E-state index in [2.05, 4.69) is 18.7 Å². The van der Waals surface area contributed by atoms with E-state index in [9.17, 15) is 0 Å². The fourth-order valence-electron chi connectivity index (χ4n) is 3.56. The molecule has 0 aromatic rings. The molecule has 1 saturated carbocycles. The molecule has 1 saturated heterocycles. The minimum atomic E-state index is 0.667. The molecule has 0 aromatic carbocycles. The van der Waals surface area contributed by atoms with E-state index in [4.69, 9.17) is 5.73 Å². The van der Waals surface area contributed by atoms with Gasteiger partial charge in [0, 0.05) is 18.6 Å². The number of likely N-dealkylation sites (tertiary alicyclic amines) is 1. The molecule has 0 aromatic heterocycles. The van der Waals surface area contributed by atoms with E-state index in [1.54, 1.807) is 0 Å². The van der Waals surface area contributed by atoms with Crippen molar-refractivity contribution < 1.29 is 0 Å². The van der Waals surface area contributed by atoms with Crippen molar-refractivity contribution in [3.63, 3.8) is 0 Å². The molecule has 88 valence electrons. The van der Waals surface area contributed by atoms with E-state index in [-0.39, 0.29) is 0 Å². The van der Waals surface area contributed by atoms with Crippen molar-refractivity contribution in [1.82, 2.24) is 4.90 Å². The highest BCUT2D eigenvalue weighted by atomic mass is 15.2. The fraction of sp³-hybridized carbons (Fsp3) is 1.00. The van der Waals surface area contributed by atoms with Gasteiger partial charge in [-0.3, -0.25) is 4.90 Å². The Labute approximate surface area is 94.2 Å². The Morgan fingerprint density at radius 3 is 2.67 bits per heavy atom. The Bertz CT molecular complexity index is 205. The van der Waals surface area contributed by atoms with Crippen LogP contribution in [0.15, 0.2) is 0 Å². The van der Waals surface area contributed by atoms with Crippen molar-refractivity contribution in [3.05, 3.63) is 0 Å². The van der Waals surface area contributed by atoms with Crippen molar-refractivity contribution >= 4 is 0 Å². The number of hydrogen-bond donors (Lipinski definition) is 1. The summed E-state index contributed by atoms with van der Waals surface area (Å²) in [4.78, 5) is 2.72. The topological polar surface area (TPSA) is 29.3 Å². The molecule has 2 aliphatic rings. The minimum Gasteiger partial charge on any atom is -0.329 e. The third-order valence-corrected chi connectivity index (χ3v) is 4.54. The fourth-order valence-corrected chi connectivity index (χ4v) is 3.56. The predicted octanol–water partition coefficient (Wildman–Crippen LogP) is 2.23. The minimum absolute atomic E-state index is 0.667. The summed E-state index contributed by atoms with van der Waals surface area (Å²) in [5.74, 6) is 1.74. The third-order valence-electron chi connectivity index (χ3n) is 4.54. The Morgan fingerprint density at radius 2 is 2.00 bits per heavy atom. The zero-order chi connectivity index (χ0) is 10.8. The predicted molar refractivity (Wildman–Crippen MR) is 64.7 cm³/mol. The second-order valence-corrected chi connectivity index (χ2v) is 5.73. The van der Waals surface area contributed by atoms with Gasteiger partial charge in [-0.2, -0.15) is 0 Å². The molecule has 0 amide bonds. The van der Waals surface area contributed by atoms with Gasteiger partial charge in [-0.15, -0.1) is 0 Å². The summed E-state index contributed by atoms with van der Waals surface area (Å²) in [5.41, 5.74) is 5.91. The average Bonchev–Trinajstić information content (AvgIpc) is 2.59. The second kappa shape index (κ2) is 4.84. The molecule has 4 unspecified atom stereocenters. The van der Waals surface area contributed by atoms with E-state index in [1.807, 2.05) is 0 Å². The van der Waals surface area contributed by atoms with E-state index in [0.717, 1.165) is 24.4 Å². The molecule has 15 heavy (non-hydrogen) atoms. The second-order valence-electron chi connectivity index (χ2n) is 5.73. The third kappa shape index (κ3) is 2.36. The lowest BCUT2D eigenvalue weighted by Gasteiger charge is -2.38. The number of hydrogen-bond acceptors (Lipinski definition) is 2. The summed E-state index contributed by atoms with van der Waals surface area (Å²) in [6.45, 7) is 6.92. The van der Waals surface area contributed by atoms with E-state index in [1.165, 1.54) is 38.6 Å². The number of nitrogens with zero attached hydrogens (tertiary/aromatic N) is 1. The van der Waals surface area contributed by atoms with Crippen LogP contribution in [0.4, 0.5) is 0 Å². The van der Waals surface area contributed by atoms with Gasteiger partial charge in [-0.25, -0.2) is 0 Å². The summed E-state index contributed by atoms with van der Waals surface area (Å²) in [6, 6.07) is 1.51. The summed E-state index contributed by atoms with van der Waals surface area (Å²) >= 11 is 0. The van der Waals surface area contributed by atoms with E-state index in [0.29, 0.717) is 6.04 Å². The Morgan fingerprint density at radius 1 is 1.20 bits per heavy atom. The van der Waals surface area contributed by atoms with Crippen LogP contribution in [0.3, 0.4) is 0 Å². The van der Waals surface area contributed by atoms with Gasteiger partial charge in [-0.05, 0) is 37.6 Å². The van der Waals surface area contributed by atoms with Crippen molar-refractivity contribution in [2.24, 2.45) is 17.6 Å². The Balaban J connectivity index is 1.97. The molecule has 2 rings (SSSR count). The van der Waals surface area contributed by atoms with Crippen LogP contribution >= 0.6 is 0 Å². The summed E-state index contributed by atoms with van der Waals surface area (Å²) in [7, 11) is 0. The van der Waals surface area contributed by atoms with Gasteiger partial charge in [-0.1, -0.05) is 26.7 Å². The molecular weight excluding hydrogens is 184 g/mol. The molecule has 2 fully saturated rings. The normalized spacial score (nSPS) is 43.4. The van der Waals surface area contributed by atoms with Crippen LogP contribution in [-0.2, 0) is 0 Å². The van der Waals surface area contributed by atoms with Gasteiger partial charge in [0.1, 0.15) is 0 Å². The van der Waals surface area contributed by atoms with Crippen molar-refractivity contribution in [2.75, 3.05) is 13.1 Å². The zero-order valence-corrected chi connectivity index (χ0v) is 10.3. The molecule has 0 radical (unpaired) electrons. The first-order valence-electron chi connectivity index (χ1n) is 6.68. The van der Waals surface area contributed by atoms with Crippen molar-refractivity contribution in [1.29, 1.82) is 0 Å². The van der Waals surface area contributed by atoms with Gasteiger partial charge in [0.05, 0.1) is 0 Å². The largest absolute Gasteiger partial charge is 0.329 e. The molecule has 4 atom stereocenters. The SMILES string of the molecule is CC1CCCC(N2CCC(C)C2CN)C1. The first-order chi connectivity index (χ1) is 7.22. The monoisotopic (exact) mass is 210 g/mol. The maximum absolute atomic E-state index is 5.91. The van der Waals surface area contributed by atoms with Gasteiger partial charge < -0.3 is 5.73 Å². The lowest BCUT2D eigenvalue weighted by atomic mass is 9.85. The zero-order valence-electron chi connectivity index (χ0n) is 10.3. The first kappa shape index (κ1) is 11.4. The highest BCUT2D eigenvalue weighted by Crippen LogP contribution is 2.33. The first-order valence-corrected chi connectivity index (χ1v) is 6.68. The van der Waals surface area contributed by atoms with Crippen LogP contribution in [0, 0.1) is 11.8 Å². The van der Waals surface area contributed by atoms with Crippen LogP contribution in [-0.4, -0.2) is 30.1 Å². The molecule has 1 aliphatic carbocycles. The highest BCUT2D eigenvalue weighted by Gasteiger charge is 2.35. The summed E-state index contributed by atoms with van der Waals surface area (Å²) in [6.07, 6.45) is 7.03. The molecule has 2 N–H and O–H groups in total. The molecule has 2 nitrogen and oxygen atoms in total. The smallest absolute Gasteiger partial charge is 0.0247 e. The molecule has 1 heterocycles. The lowest BCUT2D eigenvalue weighted by molar-refractivity contribution is 0.115. The van der Waals surface area contributed by atoms with Crippen molar-refractivity contribution in [3.8, 4) is 0 Å². The van der Waals surface area contributed by atoms with Crippen LogP contribution < -0.4 is 5.73 Å². The Kier molecular flexibility index (Phi) is 3.68. The number of nitrogens with two attached hydrogens (primary N) is 1. The maximum atomic E-state index is 5.91. The van der Waals surface area contributed by atoms with Crippen LogP contribution in [0.5, 0.6) is 0 Å². The van der Waals surface area contributed by atoms with E-state index >= 15 is 0 Å². The van der Waals surface area contributed by atoms with Crippen LogP contribution in [0.2, 0.25) is 0 Å². The quantitative estimate of drug-likeness (QED) is 0.757. The van der Waals surface area contributed by atoms with E-state index < -0.39 is 0 Å². The molecule has 0 bridgehead atoms. The molecule has 0 spiro atoms. The highest BCUT2D eigenvalue weighted by molar-refractivity contribution is 4.91. The molecule has 2 heteroatoms. The van der Waals surface area contributed by atoms with Crippen LogP contribution in [0.1, 0.15) is 46.0 Å². The lowest BCUT2D eigenvalue weighted by Crippen LogP contribution is -2.46. The average molecular weight is 210 g/mol. The maximum Gasteiger partial charge on any atom is 0.0247 e.